The maximum absolute atomic E-state index is 14.6. The predicted octanol–water partition coefficient (Wildman–Crippen LogP) is 5.57. The Morgan fingerprint density at radius 1 is 0.875 bits per heavy atom. The molecule has 0 aliphatic heterocycles. The first-order valence-corrected chi connectivity index (χ1v) is 10.4. The largest absolute Gasteiger partial charge is 0.435 e. The van der Waals surface area contributed by atoms with Gasteiger partial charge in [0.15, 0.2) is 15.5 Å². The number of sulfone groups is 1. The normalized spacial score (nSPS) is 12.9. The third kappa shape index (κ3) is 4.47. The van der Waals surface area contributed by atoms with E-state index in [1.165, 1.54) is 0 Å². The molecule has 0 fully saturated rings. The molecule has 4 nitrogen and oxygen atoms in total. The molecular formula is C19H12F8N2O2S. The highest BCUT2D eigenvalue weighted by Gasteiger charge is 2.36. The first-order chi connectivity index (χ1) is 14.5. The lowest BCUT2D eigenvalue weighted by Gasteiger charge is -2.14. The Bertz CT molecular complexity index is 1310. The van der Waals surface area contributed by atoms with Crippen LogP contribution in [0.2, 0.25) is 0 Å². The fraction of sp³-hybridized carbons (Fsp3) is 0.211. The van der Waals surface area contributed by atoms with E-state index in [4.69, 9.17) is 0 Å². The van der Waals surface area contributed by atoms with E-state index in [0.717, 1.165) is 19.1 Å². The highest BCUT2D eigenvalue weighted by Crippen LogP contribution is 2.37. The van der Waals surface area contributed by atoms with Gasteiger partial charge in [0.05, 0.1) is 16.9 Å². The molecule has 0 saturated heterocycles. The number of benzene rings is 2. The van der Waals surface area contributed by atoms with Gasteiger partial charge in [0.25, 0.3) is 0 Å². The summed E-state index contributed by atoms with van der Waals surface area (Å²) >= 11 is 0. The molecule has 0 radical (unpaired) electrons. The van der Waals surface area contributed by atoms with Gasteiger partial charge in [0.1, 0.15) is 16.5 Å². The van der Waals surface area contributed by atoms with E-state index in [1.807, 2.05) is 0 Å². The molecule has 172 valence electrons. The average Bonchev–Trinajstić information content (AvgIpc) is 3.06. The van der Waals surface area contributed by atoms with Crippen molar-refractivity contribution in [3.05, 3.63) is 64.9 Å². The summed E-state index contributed by atoms with van der Waals surface area (Å²) in [7, 11) is -4.18. The monoisotopic (exact) mass is 484 g/mol. The second-order valence-corrected chi connectivity index (χ2v) is 8.84. The van der Waals surface area contributed by atoms with Gasteiger partial charge in [-0.15, -0.1) is 0 Å². The molecule has 0 amide bonds. The molecule has 0 bridgehead atoms. The van der Waals surface area contributed by atoms with Gasteiger partial charge in [0.2, 0.25) is 0 Å². The van der Waals surface area contributed by atoms with Crippen LogP contribution in [0.1, 0.15) is 16.8 Å². The number of hydrogen-bond acceptors (Lipinski definition) is 3. The first-order valence-electron chi connectivity index (χ1n) is 8.55. The van der Waals surface area contributed by atoms with Crippen molar-refractivity contribution in [1.29, 1.82) is 0 Å². The summed E-state index contributed by atoms with van der Waals surface area (Å²) in [5.74, 6) is -2.79. The quantitative estimate of drug-likeness (QED) is 0.457. The number of aryl methyl sites for hydroxylation is 1. The molecule has 0 spiro atoms. The average molecular weight is 484 g/mol. The first kappa shape index (κ1) is 23.7. The van der Waals surface area contributed by atoms with Crippen LogP contribution in [-0.4, -0.2) is 24.5 Å². The van der Waals surface area contributed by atoms with E-state index in [1.54, 1.807) is 0 Å². The Balaban J connectivity index is 2.29. The molecule has 0 N–H and O–H groups in total. The molecule has 13 heteroatoms. The number of halogens is 8. The van der Waals surface area contributed by atoms with Crippen molar-refractivity contribution < 1.29 is 43.5 Å². The standard InChI is InChI=1S/C19H12F8N2O2S/c1-9-5-10(3-4-12(9)18(22,23)24)29-15(8-17(28-29)19(25,26)27)11-6-14(21)16(7-13(11)20)32(2,30)31/h3-8H,1-2H3. The van der Waals surface area contributed by atoms with Crippen molar-refractivity contribution in [2.45, 2.75) is 24.2 Å². The minimum atomic E-state index is -5.01. The van der Waals surface area contributed by atoms with Gasteiger partial charge >= 0.3 is 12.4 Å². The molecule has 1 aromatic heterocycles. The lowest BCUT2D eigenvalue weighted by molar-refractivity contribution is -0.141. The maximum Gasteiger partial charge on any atom is 0.435 e. The van der Waals surface area contributed by atoms with E-state index in [-0.39, 0.29) is 11.3 Å². The molecular weight excluding hydrogens is 472 g/mol. The van der Waals surface area contributed by atoms with Crippen LogP contribution in [0.5, 0.6) is 0 Å². The summed E-state index contributed by atoms with van der Waals surface area (Å²) in [6.45, 7) is 1.07. The van der Waals surface area contributed by atoms with Gasteiger partial charge in [-0.3, -0.25) is 0 Å². The molecule has 32 heavy (non-hydrogen) atoms. The fourth-order valence-electron chi connectivity index (χ4n) is 3.01. The summed E-state index contributed by atoms with van der Waals surface area (Å²) in [6.07, 6.45) is -9.12. The number of alkyl halides is 6. The SMILES string of the molecule is Cc1cc(-n2nc(C(F)(F)F)cc2-c2cc(F)c(S(C)(=O)=O)cc2F)ccc1C(F)(F)F. The van der Waals surface area contributed by atoms with E-state index < -0.39 is 61.2 Å². The lowest BCUT2D eigenvalue weighted by Crippen LogP contribution is -2.10. The fourth-order valence-corrected chi connectivity index (χ4v) is 3.75. The van der Waals surface area contributed by atoms with Crippen LogP contribution in [0, 0.1) is 18.6 Å². The zero-order valence-corrected chi connectivity index (χ0v) is 16.9. The van der Waals surface area contributed by atoms with Gasteiger partial charge in [0, 0.05) is 11.8 Å². The van der Waals surface area contributed by atoms with E-state index in [0.29, 0.717) is 35.2 Å². The van der Waals surface area contributed by atoms with Crippen LogP contribution in [-0.2, 0) is 22.2 Å². The Kier molecular flexibility index (Phi) is 5.61. The molecule has 0 aliphatic rings. The highest BCUT2D eigenvalue weighted by atomic mass is 32.2. The van der Waals surface area contributed by atoms with Crippen LogP contribution in [0.25, 0.3) is 16.9 Å². The van der Waals surface area contributed by atoms with Gasteiger partial charge in [-0.2, -0.15) is 31.4 Å². The summed E-state index contributed by atoms with van der Waals surface area (Å²) in [6, 6.07) is 3.40. The molecule has 3 aromatic rings. The van der Waals surface area contributed by atoms with Crippen molar-refractivity contribution in [3.63, 3.8) is 0 Å². The van der Waals surface area contributed by atoms with E-state index in [2.05, 4.69) is 5.10 Å². The topological polar surface area (TPSA) is 52.0 Å². The lowest BCUT2D eigenvalue weighted by atomic mass is 10.1. The van der Waals surface area contributed by atoms with Crippen molar-refractivity contribution in [2.24, 2.45) is 0 Å². The smallest absolute Gasteiger partial charge is 0.232 e. The van der Waals surface area contributed by atoms with Crippen molar-refractivity contribution in [1.82, 2.24) is 9.78 Å². The minimum absolute atomic E-state index is 0.284. The van der Waals surface area contributed by atoms with Crippen LogP contribution >= 0.6 is 0 Å². The molecule has 3 rings (SSSR count). The third-order valence-corrected chi connectivity index (χ3v) is 5.57. The molecule has 0 atom stereocenters. The van der Waals surface area contributed by atoms with Crippen LogP contribution in [0.4, 0.5) is 35.1 Å². The van der Waals surface area contributed by atoms with Crippen molar-refractivity contribution in [2.75, 3.05) is 6.26 Å². The van der Waals surface area contributed by atoms with Crippen LogP contribution in [0.15, 0.2) is 41.3 Å². The maximum atomic E-state index is 14.6. The number of rotatable bonds is 3. The Morgan fingerprint density at radius 3 is 2.00 bits per heavy atom. The summed E-state index contributed by atoms with van der Waals surface area (Å²) in [4.78, 5) is -1.01. The van der Waals surface area contributed by atoms with E-state index >= 15 is 0 Å². The van der Waals surface area contributed by atoms with Gasteiger partial charge in [-0.25, -0.2) is 21.9 Å². The zero-order chi connectivity index (χ0) is 24.2. The molecule has 2 aromatic carbocycles. The summed E-state index contributed by atoms with van der Waals surface area (Å²) < 4.78 is 131. The molecule has 1 heterocycles. The van der Waals surface area contributed by atoms with Crippen LogP contribution < -0.4 is 0 Å². The van der Waals surface area contributed by atoms with Crippen molar-refractivity contribution >= 4 is 9.84 Å². The molecule has 0 aliphatic carbocycles. The third-order valence-electron chi connectivity index (χ3n) is 4.46. The minimum Gasteiger partial charge on any atom is -0.232 e. The van der Waals surface area contributed by atoms with Crippen molar-refractivity contribution in [3.8, 4) is 16.9 Å². The van der Waals surface area contributed by atoms with Crippen LogP contribution in [0.3, 0.4) is 0 Å². The van der Waals surface area contributed by atoms with Gasteiger partial charge < -0.3 is 0 Å². The predicted molar refractivity (Wildman–Crippen MR) is 96.8 cm³/mol. The number of nitrogens with zero attached hydrogens (tertiary/aromatic N) is 2. The second kappa shape index (κ2) is 7.57. The van der Waals surface area contributed by atoms with Gasteiger partial charge in [-0.1, -0.05) is 0 Å². The Hall–Kier alpha value is -2.96. The molecule has 0 saturated carbocycles. The molecule has 0 unspecified atom stereocenters. The zero-order valence-electron chi connectivity index (χ0n) is 16.1. The highest BCUT2D eigenvalue weighted by molar-refractivity contribution is 7.90. The Morgan fingerprint density at radius 2 is 1.50 bits per heavy atom. The van der Waals surface area contributed by atoms with E-state index in [9.17, 15) is 43.5 Å². The summed E-state index contributed by atoms with van der Waals surface area (Å²) in [5.41, 5.74) is -4.60. The second-order valence-electron chi connectivity index (χ2n) is 6.86. The summed E-state index contributed by atoms with van der Waals surface area (Å²) in [5, 5.41) is 3.31. The van der Waals surface area contributed by atoms with Gasteiger partial charge in [-0.05, 0) is 48.9 Å². The Labute approximate surface area is 176 Å². The number of hydrogen-bond donors (Lipinski definition) is 0. The number of aromatic nitrogens is 2.